The zero-order chi connectivity index (χ0) is 13.9. The molecule has 0 bridgehead atoms. The lowest BCUT2D eigenvalue weighted by atomic mass is 9.94. The van der Waals surface area contributed by atoms with E-state index in [1.807, 2.05) is 47.8 Å². The Balaban J connectivity index is 2.03. The Morgan fingerprint density at radius 3 is 2.75 bits per heavy atom. The highest BCUT2D eigenvalue weighted by atomic mass is 32.1. The average molecular weight is 283 g/mol. The number of carbonyl (C=O) groups is 1. The number of carboxylic acids is 1. The fourth-order valence-corrected chi connectivity index (χ4v) is 3.13. The molecule has 0 saturated heterocycles. The first-order valence-electron chi connectivity index (χ1n) is 6.34. The third-order valence-corrected chi connectivity index (χ3v) is 4.20. The highest BCUT2D eigenvalue weighted by molar-refractivity contribution is 7.17. The molecule has 1 atom stereocenters. The van der Waals surface area contributed by atoms with Crippen LogP contribution in [0.3, 0.4) is 0 Å². The van der Waals surface area contributed by atoms with E-state index in [1.165, 1.54) is 0 Å². The van der Waals surface area contributed by atoms with E-state index >= 15 is 0 Å². The topological polar surface area (TPSA) is 50.2 Å². The Kier molecular flexibility index (Phi) is 3.48. The third kappa shape index (κ3) is 2.42. The van der Waals surface area contributed by atoms with Crippen LogP contribution >= 0.6 is 11.3 Å². The van der Waals surface area contributed by atoms with Crippen LogP contribution in [0.15, 0.2) is 54.0 Å². The first-order chi connectivity index (χ1) is 9.75. The minimum atomic E-state index is -0.833. The van der Waals surface area contributed by atoms with Gasteiger partial charge in [0.1, 0.15) is 5.92 Å². The predicted molar refractivity (Wildman–Crippen MR) is 80.1 cm³/mol. The van der Waals surface area contributed by atoms with Crippen molar-refractivity contribution in [3.63, 3.8) is 0 Å². The van der Waals surface area contributed by atoms with E-state index in [0.29, 0.717) is 12.1 Å². The molecular weight excluding hydrogens is 270 g/mol. The van der Waals surface area contributed by atoms with E-state index < -0.39 is 11.9 Å². The fourth-order valence-electron chi connectivity index (χ4n) is 2.34. The lowest BCUT2D eigenvalue weighted by molar-refractivity contribution is -0.138. The van der Waals surface area contributed by atoms with Crippen molar-refractivity contribution in [3.05, 3.63) is 65.3 Å². The molecule has 3 rings (SSSR count). The van der Waals surface area contributed by atoms with Gasteiger partial charge in [0.05, 0.1) is 5.69 Å². The summed E-state index contributed by atoms with van der Waals surface area (Å²) in [6, 6.07) is 13.5. The number of aliphatic carboxylic acids is 1. The fraction of sp³-hybridized carbons (Fsp3) is 0.125. The van der Waals surface area contributed by atoms with E-state index in [-0.39, 0.29) is 0 Å². The zero-order valence-corrected chi connectivity index (χ0v) is 11.5. The molecule has 0 aliphatic heterocycles. The molecule has 2 aromatic heterocycles. The van der Waals surface area contributed by atoms with Gasteiger partial charge in [-0.25, -0.2) is 0 Å². The molecule has 2 heterocycles. The van der Waals surface area contributed by atoms with Gasteiger partial charge >= 0.3 is 5.97 Å². The largest absolute Gasteiger partial charge is 0.481 e. The summed E-state index contributed by atoms with van der Waals surface area (Å²) in [4.78, 5) is 16.0. The normalized spacial score (nSPS) is 12.4. The molecular formula is C16H13NO2S. The van der Waals surface area contributed by atoms with E-state index in [2.05, 4.69) is 4.98 Å². The monoisotopic (exact) mass is 283 g/mol. The quantitative estimate of drug-likeness (QED) is 0.794. The van der Waals surface area contributed by atoms with Crippen LogP contribution in [0, 0.1) is 0 Å². The second kappa shape index (κ2) is 5.43. The molecule has 1 unspecified atom stereocenters. The minimum Gasteiger partial charge on any atom is -0.481 e. The number of aromatic nitrogens is 1. The maximum atomic E-state index is 11.6. The molecule has 0 aliphatic rings. The van der Waals surface area contributed by atoms with Gasteiger partial charge in [0.15, 0.2) is 0 Å². The first-order valence-corrected chi connectivity index (χ1v) is 7.22. The van der Waals surface area contributed by atoms with Crippen LogP contribution in [0.25, 0.3) is 10.1 Å². The zero-order valence-electron chi connectivity index (χ0n) is 10.7. The van der Waals surface area contributed by atoms with Crippen molar-refractivity contribution in [1.82, 2.24) is 4.98 Å². The van der Waals surface area contributed by atoms with Crippen molar-refractivity contribution in [2.45, 2.75) is 12.3 Å². The molecule has 0 radical (unpaired) electrons. The molecule has 0 aliphatic carbocycles. The molecule has 4 heteroatoms. The molecule has 0 saturated carbocycles. The summed E-state index contributed by atoms with van der Waals surface area (Å²) in [5.41, 5.74) is 1.66. The van der Waals surface area contributed by atoms with Crippen molar-refractivity contribution in [2.75, 3.05) is 0 Å². The highest BCUT2D eigenvalue weighted by Crippen LogP contribution is 2.29. The van der Waals surface area contributed by atoms with Crippen LogP contribution in [0.4, 0.5) is 0 Å². The average Bonchev–Trinajstić information content (AvgIpc) is 2.94. The van der Waals surface area contributed by atoms with Gasteiger partial charge in [-0.05, 0) is 29.5 Å². The van der Waals surface area contributed by atoms with Gasteiger partial charge in [-0.2, -0.15) is 0 Å². The molecule has 1 N–H and O–H groups in total. The van der Waals surface area contributed by atoms with Crippen LogP contribution in [0.5, 0.6) is 0 Å². The summed E-state index contributed by atoms with van der Waals surface area (Å²) < 4.78 is 1.08. The molecule has 0 amide bonds. The summed E-state index contributed by atoms with van der Waals surface area (Å²) in [7, 11) is 0. The molecule has 20 heavy (non-hydrogen) atoms. The van der Waals surface area contributed by atoms with Crippen LogP contribution in [-0.4, -0.2) is 16.1 Å². The lowest BCUT2D eigenvalue weighted by Gasteiger charge is -2.13. The molecule has 100 valence electrons. The van der Waals surface area contributed by atoms with Crippen molar-refractivity contribution in [2.24, 2.45) is 0 Å². The van der Waals surface area contributed by atoms with Gasteiger partial charge in [-0.15, -0.1) is 11.3 Å². The molecule has 1 aromatic carbocycles. The van der Waals surface area contributed by atoms with E-state index in [4.69, 9.17) is 0 Å². The predicted octanol–water partition coefficient (Wildman–Crippen LogP) is 3.71. The van der Waals surface area contributed by atoms with Crippen LogP contribution in [0.1, 0.15) is 17.2 Å². The van der Waals surface area contributed by atoms with Crippen molar-refractivity contribution < 1.29 is 9.90 Å². The smallest absolute Gasteiger partial charge is 0.312 e. The van der Waals surface area contributed by atoms with Crippen molar-refractivity contribution >= 4 is 27.4 Å². The maximum absolute atomic E-state index is 11.6. The van der Waals surface area contributed by atoms with Crippen LogP contribution in [0.2, 0.25) is 0 Å². The Labute approximate surface area is 120 Å². The van der Waals surface area contributed by atoms with Crippen molar-refractivity contribution in [3.8, 4) is 0 Å². The van der Waals surface area contributed by atoms with Crippen LogP contribution in [-0.2, 0) is 11.2 Å². The number of thiophene rings is 1. The number of nitrogens with zero attached hydrogens (tertiary/aromatic N) is 1. The van der Waals surface area contributed by atoms with Gasteiger partial charge in [0.25, 0.3) is 0 Å². The van der Waals surface area contributed by atoms with Gasteiger partial charge in [0, 0.05) is 16.3 Å². The maximum Gasteiger partial charge on any atom is 0.312 e. The van der Waals surface area contributed by atoms with Gasteiger partial charge in [-0.1, -0.05) is 30.3 Å². The van der Waals surface area contributed by atoms with Crippen molar-refractivity contribution in [1.29, 1.82) is 0 Å². The van der Waals surface area contributed by atoms with Gasteiger partial charge in [-0.3, -0.25) is 9.78 Å². The molecule has 3 aromatic rings. The second-order valence-corrected chi connectivity index (χ2v) is 5.56. The summed E-state index contributed by atoms with van der Waals surface area (Å²) in [5.74, 6) is -1.45. The van der Waals surface area contributed by atoms with Crippen LogP contribution < -0.4 is 0 Å². The number of pyridine rings is 1. The third-order valence-electron chi connectivity index (χ3n) is 3.32. The van der Waals surface area contributed by atoms with Gasteiger partial charge in [0.2, 0.25) is 0 Å². The lowest BCUT2D eigenvalue weighted by Crippen LogP contribution is -2.16. The minimum absolute atomic E-state index is 0.456. The van der Waals surface area contributed by atoms with Gasteiger partial charge < -0.3 is 5.11 Å². The Bertz CT molecular complexity index is 736. The number of hydrogen-bond acceptors (Lipinski definition) is 3. The van der Waals surface area contributed by atoms with E-state index in [1.54, 1.807) is 17.5 Å². The highest BCUT2D eigenvalue weighted by Gasteiger charge is 2.24. The Hall–Kier alpha value is -2.20. The summed E-state index contributed by atoms with van der Waals surface area (Å²) in [6.07, 6.45) is 2.15. The SMILES string of the molecule is O=C(O)C(Cc1ccccc1)c1nccc2sccc12. The molecule has 0 spiro atoms. The Morgan fingerprint density at radius 2 is 2.00 bits per heavy atom. The molecule has 0 fully saturated rings. The van der Waals surface area contributed by atoms with E-state index in [0.717, 1.165) is 15.6 Å². The number of fused-ring (bicyclic) bond motifs is 1. The summed E-state index contributed by atoms with van der Waals surface area (Å²) in [5, 5.41) is 12.5. The first kappa shape index (κ1) is 12.8. The summed E-state index contributed by atoms with van der Waals surface area (Å²) in [6.45, 7) is 0. The number of rotatable bonds is 4. The number of hydrogen-bond donors (Lipinski definition) is 1. The Morgan fingerprint density at radius 1 is 1.20 bits per heavy atom. The number of carboxylic acid groups (broad SMARTS) is 1. The second-order valence-electron chi connectivity index (χ2n) is 4.61. The number of benzene rings is 1. The standard InChI is InChI=1S/C16H13NO2S/c18-16(19)13(10-11-4-2-1-3-5-11)15-12-7-9-20-14(12)6-8-17-15/h1-9,13H,10H2,(H,18,19). The molecule has 3 nitrogen and oxygen atoms in total. The summed E-state index contributed by atoms with van der Waals surface area (Å²) >= 11 is 1.60. The van der Waals surface area contributed by atoms with E-state index in [9.17, 15) is 9.90 Å².